The molecule has 13 heavy (non-hydrogen) atoms. The highest BCUT2D eigenvalue weighted by Gasteiger charge is 2.51. The summed E-state index contributed by atoms with van der Waals surface area (Å²) in [5.41, 5.74) is 0.311. The maximum absolute atomic E-state index is 11.4. The van der Waals surface area contributed by atoms with Gasteiger partial charge in [-0.2, -0.15) is 0 Å². The molecule has 0 amide bonds. The van der Waals surface area contributed by atoms with Crippen molar-refractivity contribution in [3.05, 3.63) is 0 Å². The molecular formula is C12H22O. The average molecular weight is 182 g/mol. The predicted octanol–water partition coefficient (Wildman–Crippen LogP) is 3.28. The van der Waals surface area contributed by atoms with Crippen molar-refractivity contribution in [1.82, 2.24) is 0 Å². The van der Waals surface area contributed by atoms with Gasteiger partial charge in [0.2, 0.25) is 0 Å². The molecule has 1 nitrogen and oxygen atoms in total. The van der Waals surface area contributed by atoms with Crippen LogP contribution in [0.1, 0.15) is 47.5 Å². The van der Waals surface area contributed by atoms with Gasteiger partial charge in [-0.15, -0.1) is 0 Å². The Hall–Kier alpha value is -0.330. The lowest BCUT2D eigenvalue weighted by Gasteiger charge is -2.54. The summed E-state index contributed by atoms with van der Waals surface area (Å²) in [4.78, 5) is 11.4. The molecule has 0 radical (unpaired) electrons. The molecule has 1 fully saturated rings. The molecule has 0 spiro atoms. The van der Waals surface area contributed by atoms with Crippen LogP contribution < -0.4 is 0 Å². The van der Waals surface area contributed by atoms with Gasteiger partial charge in [0, 0.05) is 5.92 Å². The van der Waals surface area contributed by atoms with Crippen molar-refractivity contribution in [3.8, 4) is 0 Å². The molecule has 0 aromatic heterocycles. The smallest absolute Gasteiger partial charge is 0.133 e. The second-order valence-corrected chi connectivity index (χ2v) is 5.04. The van der Waals surface area contributed by atoms with Crippen LogP contribution in [0.15, 0.2) is 0 Å². The number of rotatable bonds is 3. The van der Waals surface area contributed by atoms with E-state index in [1.165, 1.54) is 12.8 Å². The molecule has 1 aliphatic carbocycles. The third-order valence-corrected chi connectivity index (χ3v) is 4.42. The summed E-state index contributed by atoms with van der Waals surface area (Å²) in [6, 6.07) is 0. The average Bonchev–Trinajstić information content (AvgIpc) is 2.01. The van der Waals surface area contributed by atoms with E-state index in [2.05, 4.69) is 27.7 Å². The van der Waals surface area contributed by atoms with Crippen LogP contribution in [0.4, 0.5) is 0 Å². The van der Waals surface area contributed by atoms with Crippen LogP contribution in [0.25, 0.3) is 0 Å². The van der Waals surface area contributed by atoms with Gasteiger partial charge in [-0.25, -0.2) is 0 Å². The standard InChI is InChI=1S/C12H22O/c1-8(2)12(7-6-9(12)3)10(4)11(5)13/h8-10H,6-7H2,1-5H3. The Kier molecular flexibility index (Phi) is 2.84. The maximum Gasteiger partial charge on any atom is 0.133 e. The van der Waals surface area contributed by atoms with Gasteiger partial charge >= 0.3 is 0 Å². The number of hydrogen-bond donors (Lipinski definition) is 0. The second kappa shape index (κ2) is 3.43. The zero-order valence-corrected chi connectivity index (χ0v) is 9.55. The molecule has 0 aromatic rings. The highest BCUT2D eigenvalue weighted by atomic mass is 16.1. The first-order valence-corrected chi connectivity index (χ1v) is 5.43. The van der Waals surface area contributed by atoms with Crippen LogP contribution in [0, 0.1) is 23.2 Å². The van der Waals surface area contributed by atoms with Crippen LogP contribution in [0.3, 0.4) is 0 Å². The van der Waals surface area contributed by atoms with Crippen molar-refractivity contribution in [3.63, 3.8) is 0 Å². The van der Waals surface area contributed by atoms with Crippen LogP contribution in [-0.2, 0) is 4.79 Å². The van der Waals surface area contributed by atoms with Gasteiger partial charge in [0.25, 0.3) is 0 Å². The molecule has 0 N–H and O–H groups in total. The number of carbonyl (C=O) groups excluding carboxylic acids is 1. The summed E-state index contributed by atoms with van der Waals surface area (Å²) in [5.74, 6) is 1.97. The molecule has 1 saturated carbocycles. The first-order valence-electron chi connectivity index (χ1n) is 5.43. The normalized spacial score (nSPS) is 35.7. The van der Waals surface area contributed by atoms with E-state index in [4.69, 9.17) is 0 Å². The molecule has 3 atom stereocenters. The van der Waals surface area contributed by atoms with Crippen LogP contribution in [0.2, 0.25) is 0 Å². The van der Waals surface area contributed by atoms with Gasteiger partial charge in [0.1, 0.15) is 5.78 Å². The SMILES string of the molecule is CC(=O)C(C)C1(C(C)C)CCC1C. The van der Waals surface area contributed by atoms with Crippen molar-refractivity contribution in [2.75, 3.05) is 0 Å². The lowest BCUT2D eigenvalue weighted by atomic mass is 9.49. The Labute approximate surface area is 81.9 Å². The van der Waals surface area contributed by atoms with Gasteiger partial charge in [-0.1, -0.05) is 27.7 Å². The third kappa shape index (κ3) is 1.43. The van der Waals surface area contributed by atoms with Gasteiger partial charge in [0.15, 0.2) is 0 Å². The number of Topliss-reactive ketones (excluding diaryl/α,β-unsaturated/α-hetero) is 1. The fourth-order valence-electron chi connectivity index (χ4n) is 3.15. The summed E-state index contributed by atoms with van der Waals surface area (Å²) in [6.45, 7) is 10.7. The highest BCUT2D eigenvalue weighted by Crippen LogP contribution is 2.56. The lowest BCUT2D eigenvalue weighted by molar-refractivity contribution is -0.135. The number of hydrogen-bond acceptors (Lipinski definition) is 1. The zero-order valence-electron chi connectivity index (χ0n) is 9.55. The Morgan fingerprint density at radius 3 is 2.00 bits per heavy atom. The largest absolute Gasteiger partial charge is 0.300 e. The first kappa shape index (κ1) is 10.7. The third-order valence-electron chi connectivity index (χ3n) is 4.42. The highest BCUT2D eigenvalue weighted by molar-refractivity contribution is 5.79. The van der Waals surface area contributed by atoms with E-state index in [1.54, 1.807) is 6.92 Å². The van der Waals surface area contributed by atoms with E-state index in [1.807, 2.05) is 0 Å². The molecule has 0 saturated heterocycles. The van der Waals surface area contributed by atoms with Crippen molar-refractivity contribution in [2.24, 2.45) is 23.2 Å². The second-order valence-electron chi connectivity index (χ2n) is 5.04. The van der Waals surface area contributed by atoms with Gasteiger partial charge < -0.3 is 0 Å². The quantitative estimate of drug-likeness (QED) is 0.654. The molecule has 1 heteroatoms. The Morgan fingerprint density at radius 2 is 1.92 bits per heavy atom. The Balaban J connectivity index is 2.86. The molecule has 76 valence electrons. The van der Waals surface area contributed by atoms with Crippen molar-refractivity contribution < 1.29 is 4.79 Å². The van der Waals surface area contributed by atoms with E-state index in [9.17, 15) is 4.79 Å². The predicted molar refractivity (Wildman–Crippen MR) is 55.5 cm³/mol. The van der Waals surface area contributed by atoms with E-state index >= 15 is 0 Å². The minimum Gasteiger partial charge on any atom is -0.300 e. The van der Waals surface area contributed by atoms with E-state index in [-0.39, 0.29) is 5.92 Å². The van der Waals surface area contributed by atoms with Crippen molar-refractivity contribution >= 4 is 5.78 Å². The molecular weight excluding hydrogens is 160 g/mol. The summed E-state index contributed by atoms with van der Waals surface area (Å²) in [6.07, 6.45) is 2.54. The van der Waals surface area contributed by atoms with E-state index < -0.39 is 0 Å². The zero-order chi connectivity index (χ0) is 10.2. The number of ketones is 1. The van der Waals surface area contributed by atoms with E-state index in [0.717, 1.165) is 5.92 Å². The first-order chi connectivity index (χ1) is 5.93. The summed E-state index contributed by atoms with van der Waals surface area (Å²) >= 11 is 0. The summed E-state index contributed by atoms with van der Waals surface area (Å²) < 4.78 is 0. The monoisotopic (exact) mass is 182 g/mol. The molecule has 1 aliphatic rings. The van der Waals surface area contributed by atoms with Crippen molar-refractivity contribution in [2.45, 2.75) is 47.5 Å². The lowest BCUT2D eigenvalue weighted by Crippen LogP contribution is -2.49. The van der Waals surface area contributed by atoms with Crippen LogP contribution in [-0.4, -0.2) is 5.78 Å². The van der Waals surface area contributed by atoms with Gasteiger partial charge in [-0.3, -0.25) is 4.79 Å². The van der Waals surface area contributed by atoms with Crippen molar-refractivity contribution in [1.29, 1.82) is 0 Å². The van der Waals surface area contributed by atoms with Gasteiger partial charge in [-0.05, 0) is 37.0 Å². The summed E-state index contributed by atoms with van der Waals surface area (Å²) in [7, 11) is 0. The van der Waals surface area contributed by atoms with Gasteiger partial charge in [0.05, 0.1) is 0 Å². The van der Waals surface area contributed by atoms with Crippen LogP contribution >= 0.6 is 0 Å². The Morgan fingerprint density at radius 1 is 1.38 bits per heavy atom. The minimum absolute atomic E-state index is 0.247. The fraction of sp³-hybridized carbons (Fsp3) is 0.917. The minimum atomic E-state index is 0.247. The molecule has 3 unspecified atom stereocenters. The molecule has 0 heterocycles. The molecule has 0 aliphatic heterocycles. The number of carbonyl (C=O) groups is 1. The summed E-state index contributed by atoms with van der Waals surface area (Å²) in [5, 5.41) is 0. The topological polar surface area (TPSA) is 17.1 Å². The van der Waals surface area contributed by atoms with E-state index in [0.29, 0.717) is 17.1 Å². The molecule has 0 bridgehead atoms. The molecule has 0 aromatic carbocycles. The van der Waals surface area contributed by atoms with Crippen LogP contribution in [0.5, 0.6) is 0 Å². The Bertz CT molecular complexity index is 200. The molecule has 1 rings (SSSR count). The maximum atomic E-state index is 11.4. The fourth-order valence-corrected chi connectivity index (χ4v) is 3.15.